The number of rotatable bonds is 3. The van der Waals surface area contributed by atoms with Crippen LogP contribution in [-0.2, 0) is 6.54 Å². The normalized spacial score (nSPS) is 15.8. The van der Waals surface area contributed by atoms with Crippen LogP contribution < -0.4 is 0 Å². The third kappa shape index (κ3) is 3.14. The molecule has 158 valence electrons. The zero-order valence-corrected chi connectivity index (χ0v) is 18.9. The highest BCUT2D eigenvalue weighted by molar-refractivity contribution is 7.21. The van der Waals surface area contributed by atoms with Crippen LogP contribution in [0.5, 0.6) is 0 Å². The summed E-state index contributed by atoms with van der Waals surface area (Å²) in [4.78, 5) is 21.1. The fraction of sp³-hybridized carbons (Fsp3) is 0.167. The van der Waals surface area contributed by atoms with Crippen molar-refractivity contribution in [2.75, 3.05) is 6.54 Å². The van der Waals surface area contributed by atoms with Crippen molar-refractivity contribution in [1.29, 1.82) is 0 Å². The summed E-state index contributed by atoms with van der Waals surface area (Å²) in [5, 5.41) is 11.8. The van der Waals surface area contributed by atoms with Crippen LogP contribution in [0, 0.1) is 0 Å². The van der Waals surface area contributed by atoms with Crippen molar-refractivity contribution in [3.63, 3.8) is 0 Å². The first-order chi connectivity index (χ1) is 15.7. The van der Waals surface area contributed by atoms with Gasteiger partial charge in [0.1, 0.15) is 0 Å². The molecule has 5 aromatic rings. The Kier molecular flexibility index (Phi) is 4.62. The number of carbonyl (C=O) groups excluding carboxylic acids is 1. The first kappa shape index (κ1) is 19.3. The van der Waals surface area contributed by atoms with Crippen LogP contribution in [0.1, 0.15) is 29.1 Å². The highest BCUT2D eigenvalue weighted by Crippen LogP contribution is 2.33. The molecule has 0 saturated carbocycles. The minimum absolute atomic E-state index is 0.0195. The van der Waals surface area contributed by atoms with Crippen molar-refractivity contribution >= 4 is 38.8 Å². The third-order valence-corrected chi connectivity index (χ3v) is 7.82. The highest BCUT2D eigenvalue weighted by atomic mass is 32.1. The van der Waals surface area contributed by atoms with E-state index in [4.69, 9.17) is 4.98 Å². The Morgan fingerprint density at radius 3 is 2.62 bits per heavy atom. The maximum Gasteiger partial charge on any atom is 0.254 e. The van der Waals surface area contributed by atoms with Crippen molar-refractivity contribution in [3.05, 3.63) is 77.4 Å². The second-order valence-electron chi connectivity index (χ2n) is 7.75. The largest absolute Gasteiger partial charge is 0.327 e. The Bertz CT molecular complexity index is 1390. The van der Waals surface area contributed by atoms with E-state index in [2.05, 4.69) is 32.3 Å². The van der Waals surface area contributed by atoms with Gasteiger partial charge in [-0.05, 0) is 48.2 Å². The van der Waals surface area contributed by atoms with E-state index < -0.39 is 0 Å². The van der Waals surface area contributed by atoms with Crippen LogP contribution in [-0.4, -0.2) is 37.1 Å². The molecule has 1 unspecified atom stereocenters. The van der Waals surface area contributed by atoms with Crippen LogP contribution >= 0.6 is 22.7 Å². The third-order valence-electron chi connectivity index (χ3n) is 5.87. The Balaban J connectivity index is 1.27. The summed E-state index contributed by atoms with van der Waals surface area (Å²) in [5.41, 5.74) is 2.79. The molecule has 2 aromatic carbocycles. The van der Waals surface area contributed by atoms with Crippen LogP contribution in [0.3, 0.4) is 0 Å². The van der Waals surface area contributed by atoms with E-state index >= 15 is 0 Å². The van der Waals surface area contributed by atoms with Crippen molar-refractivity contribution in [3.8, 4) is 21.3 Å². The van der Waals surface area contributed by atoms with Crippen LogP contribution in [0.25, 0.3) is 31.5 Å². The summed E-state index contributed by atoms with van der Waals surface area (Å²) in [6.07, 6.45) is 0. The fourth-order valence-electron chi connectivity index (χ4n) is 4.17. The summed E-state index contributed by atoms with van der Waals surface area (Å²) in [6.45, 7) is 3.27. The first-order valence-electron chi connectivity index (χ1n) is 10.4. The summed E-state index contributed by atoms with van der Waals surface area (Å²) in [6, 6.07) is 19.9. The number of benzene rings is 2. The van der Waals surface area contributed by atoms with E-state index in [1.807, 2.05) is 60.4 Å². The number of hydrogen-bond acceptors (Lipinski definition) is 6. The number of thiazole rings is 1. The minimum Gasteiger partial charge on any atom is -0.327 e. The quantitative estimate of drug-likeness (QED) is 0.359. The molecule has 0 N–H and O–H groups in total. The zero-order valence-electron chi connectivity index (χ0n) is 17.3. The lowest BCUT2D eigenvalue weighted by Crippen LogP contribution is -2.41. The van der Waals surface area contributed by atoms with Gasteiger partial charge in [-0.25, -0.2) is 4.98 Å². The van der Waals surface area contributed by atoms with E-state index in [9.17, 15) is 4.79 Å². The second kappa shape index (κ2) is 7.65. The number of aromatic nitrogens is 4. The Hall–Kier alpha value is -3.36. The predicted molar refractivity (Wildman–Crippen MR) is 128 cm³/mol. The molecule has 1 amide bonds. The van der Waals surface area contributed by atoms with Gasteiger partial charge in [0.2, 0.25) is 0 Å². The average molecular weight is 458 g/mol. The average Bonchev–Trinajstić information content (AvgIpc) is 3.58. The van der Waals surface area contributed by atoms with E-state index in [0.717, 1.165) is 32.4 Å². The molecule has 1 atom stereocenters. The van der Waals surface area contributed by atoms with Gasteiger partial charge in [0.25, 0.3) is 5.91 Å². The van der Waals surface area contributed by atoms with Crippen LogP contribution in [0.4, 0.5) is 0 Å². The SMILES string of the molecule is CC1c2nnc(-c3nc4ccccc4s3)n2CCN1C(=O)c1ccc(-c2cccs2)cc1. The number of para-hydroxylation sites is 1. The molecule has 0 aliphatic carbocycles. The molecule has 1 aliphatic heterocycles. The number of nitrogens with zero attached hydrogens (tertiary/aromatic N) is 5. The van der Waals surface area contributed by atoms with Gasteiger partial charge in [0.15, 0.2) is 16.7 Å². The number of amides is 1. The molecule has 6 nitrogen and oxygen atoms in total. The van der Waals surface area contributed by atoms with E-state index in [-0.39, 0.29) is 11.9 Å². The molecule has 0 bridgehead atoms. The number of fused-ring (bicyclic) bond motifs is 2. The second-order valence-corrected chi connectivity index (χ2v) is 9.73. The molecule has 3 aromatic heterocycles. The molecule has 8 heteroatoms. The van der Waals surface area contributed by atoms with Gasteiger partial charge in [-0.3, -0.25) is 4.79 Å². The molecule has 0 radical (unpaired) electrons. The van der Waals surface area contributed by atoms with Crippen molar-refractivity contribution in [2.24, 2.45) is 0 Å². The Labute approximate surface area is 192 Å². The summed E-state index contributed by atoms with van der Waals surface area (Å²) in [7, 11) is 0. The lowest BCUT2D eigenvalue weighted by molar-refractivity contribution is 0.0638. The summed E-state index contributed by atoms with van der Waals surface area (Å²) < 4.78 is 3.23. The lowest BCUT2D eigenvalue weighted by atomic mass is 10.1. The molecule has 4 heterocycles. The topological polar surface area (TPSA) is 63.9 Å². The minimum atomic E-state index is -0.163. The molecule has 0 fully saturated rings. The molecule has 6 rings (SSSR count). The lowest BCUT2D eigenvalue weighted by Gasteiger charge is -2.33. The van der Waals surface area contributed by atoms with Gasteiger partial charge < -0.3 is 9.47 Å². The number of thiophene rings is 1. The summed E-state index contributed by atoms with van der Waals surface area (Å²) >= 11 is 3.31. The van der Waals surface area contributed by atoms with Crippen molar-refractivity contribution in [1.82, 2.24) is 24.6 Å². The number of carbonyl (C=O) groups is 1. The maximum absolute atomic E-state index is 13.3. The van der Waals surface area contributed by atoms with Gasteiger partial charge in [0, 0.05) is 23.5 Å². The van der Waals surface area contributed by atoms with Crippen LogP contribution in [0.2, 0.25) is 0 Å². The first-order valence-corrected chi connectivity index (χ1v) is 12.1. The zero-order chi connectivity index (χ0) is 21.7. The highest BCUT2D eigenvalue weighted by Gasteiger charge is 2.32. The monoisotopic (exact) mass is 457 g/mol. The van der Waals surface area contributed by atoms with Crippen LogP contribution in [0.15, 0.2) is 66.0 Å². The van der Waals surface area contributed by atoms with Gasteiger partial charge >= 0.3 is 0 Å². The standard InChI is InChI=1S/C24H19N5OS2/c1-15-21-26-27-22(23-25-18-5-2-3-6-20(18)32-23)29(21)13-12-28(15)24(30)17-10-8-16(9-11-17)19-7-4-14-31-19/h2-11,14-15H,12-13H2,1H3. The summed E-state index contributed by atoms with van der Waals surface area (Å²) in [5.74, 6) is 1.60. The van der Waals surface area contributed by atoms with Gasteiger partial charge in [-0.15, -0.1) is 32.9 Å². The molecule has 0 saturated heterocycles. The Morgan fingerprint density at radius 1 is 1.00 bits per heavy atom. The van der Waals surface area contributed by atoms with E-state index in [1.54, 1.807) is 22.7 Å². The smallest absolute Gasteiger partial charge is 0.254 e. The fourth-order valence-corrected chi connectivity index (χ4v) is 5.87. The maximum atomic E-state index is 13.3. The Morgan fingerprint density at radius 2 is 1.84 bits per heavy atom. The molecule has 32 heavy (non-hydrogen) atoms. The molecule has 1 aliphatic rings. The number of hydrogen-bond donors (Lipinski definition) is 0. The molecular formula is C24H19N5OS2. The van der Waals surface area contributed by atoms with Gasteiger partial charge in [0.05, 0.1) is 16.3 Å². The van der Waals surface area contributed by atoms with Gasteiger partial charge in [-0.2, -0.15) is 0 Å². The molecular weight excluding hydrogens is 438 g/mol. The van der Waals surface area contributed by atoms with Crippen molar-refractivity contribution in [2.45, 2.75) is 19.5 Å². The predicted octanol–water partition coefficient (Wildman–Crippen LogP) is 5.50. The van der Waals surface area contributed by atoms with E-state index in [0.29, 0.717) is 18.7 Å². The molecule has 0 spiro atoms. The van der Waals surface area contributed by atoms with Crippen molar-refractivity contribution < 1.29 is 4.79 Å². The van der Waals surface area contributed by atoms with E-state index in [1.165, 1.54) is 4.88 Å². The van der Waals surface area contributed by atoms with Gasteiger partial charge in [-0.1, -0.05) is 30.3 Å².